The summed E-state index contributed by atoms with van der Waals surface area (Å²) in [5.74, 6) is 1.31. The van der Waals surface area contributed by atoms with E-state index in [9.17, 15) is 42.9 Å². The third-order valence-corrected chi connectivity index (χ3v) is 33.0. The molecule has 12 aromatic rings. The number of halogens is 4. The zero-order chi connectivity index (χ0) is 99.3. The minimum atomic E-state index is -3.94. The van der Waals surface area contributed by atoms with Crippen molar-refractivity contribution >= 4 is 154 Å². The molecular weight excluding hydrogens is 1960 g/mol. The predicted molar refractivity (Wildman–Crippen MR) is 548 cm³/mol. The molecule has 1 saturated heterocycles. The van der Waals surface area contributed by atoms with E-state index in [1.165, 1.54) is 83.6 Å². The Bertz CT molecular complexity index is 7080. The van der Waals surface area contributed by atoms with E-state index in [0.717, 1.165) is 81.5 Å². The van der Waals surface area contributed by atoms with Crippen molar-refractivity contribution in [2.45, 2.75) is 149 Å². The van der Waals surface area contributed by atoms with Gasteiger partial charge in [-0.05, 0) is 235 Å². The monoisotopic (exact) mass is 2060 g/mol. The Labute approximate surface area is 840 Å². The Morgan fingerprint density at radius 3 is 1.65 bits per heavy atom. The molecule has 0 radical (unpaired) electrons. The van der Waals surface area contributed by atoms with Crippen LogP contribution >= 0.6 is 84.7 Å². The van der Waals surface area contributed by atoms with Gasteiger partial charge in [0.25, 0.3) is 5.91 Å². The average molecular weight is 2060 g/mol. The quantitative estimate of drug-likeness (QED) is 0.0472. The summed E-state index contributed by atoms with van der Waals surface area (Å²) in [5, 5.41) is 34.6. The highest BCUT2D eigenvalue weighted by Gasteiger charge is 2.52. The van der Waals surface area contributed by atoms with Crippen LogP contribution in [0.15, 0.2) is 234 Å². The van der Waals surface area contributed by atoms with Gasteiger partial charge >= 0.3 is 0 Å². The minimum Gasteiger partial charge on any atom is -0.369 e. The maximum absolute atomic E-state index is 13.4. The van der Waals surface area contributed by atoms with Crippen molar-refractivity contribution in [3.63, 3.8) is 0 Å². The highest BCUT2D eigenvalue weighted by atomic mass is 79.9. The molecule has 20 rings (SSSR count). The number of fused-ring (bicyclic) bond motifs is 2. The molecule has 30 nitrogen and oxygen atoms in total. The molecule has 5 aliphatic heterocycles. The van der Waals surface area contributed by atoms with Crippen LogP contribution in [0.25, 0.3) is 43.8 Å². The van der Waals surface area contributed by atoms with Gasteiger partial charge in [0.15, 0.2) is 35.3 Å². The smallest absolute Gasteiger partial charge is 0.261 e. The molecule has 11 heterocycles. The number of nitriles is 2. The number of sulfonamides is 1. The molecular formula is C101H99BrCl3N23O7S4. The number of aliphatic imine (C=N–C) groups is 5. The van der Waals surface area contributed by atoms with E-state index < -0.39 is 44.0 Å². The fraction of sp³-hybridized carbons (Fsp3) is 0.287. The number of rotatable bonds is 16. The SMILES string of the molecule is CN1C(=O)C[C@@](C)(c2ncc(-c3cccc(Cl)c3)s2)N=C1N.CN1C(=O)[C@@H](c2ccc(C3CC3)cc2)[C@@](C)(c2cc(-c3cncc(C#N)c3)cs2)N=C1N.CN1C(=O)[C@H](c2ccc(C3CC3)cc2)[C@@](C)(c2cc(-c3cncc(C#N)c3)cs2)N=C1N.CN=C1NC(=O)C[C@]2(CCc3ccc(Br)cc32)N1.Cc1nn(C)c(Cl)c1S(=O)(=O)NCc1ccc(Cl)cc1-c1cccc(C2(C)N=C(N)N(C)C2=O)c1. The van der Waals surface area contributed by atoms with Crippen LogP contribution in [0.2, 0.25) is 15.2 Å². The maximum Gasteiger partial charge on any atom is 0.261 e. The third-order valence-electron chi connectivity index (χ3n) is 26.3. The summed E-state index contributed by atoms with van der Waals surface area (Å²) in [6.07, 6.45) is 16.0. The van der Waals surface area contributed by atoms with Gasteiger partial charge in [-0.3, -0.25) is 68.5 Å². The van der Waals surface area contributed by atoms with Crippen LogP contribution < -0.4 is 38.3 Å². The molecule has 0 bridgehead atoms. The second-order valence-corrected chi connectivity index (χ2v) is 42.7. The third kappa shape index (κ3) is 20.3. The largest absolute Gasteiger partial charge is 0.369 e. The Hall–Kier alpha value is -13.2. The molecule has 7 atom stereocenters. The summed E-state index contributed by atoms with van der Waals surface area (Å²) in [5.41, 5.74) is 36.0. The zero-order valence-electron chi connectivity index (χ0n) is 77.7. The first-order valence-corrected chi connectivity index (χ1v) is 50.4. The molecule has 5 amide bonds. The van der Waals surface area contributed by atoms with Crippen LogP contribution in [0, 0.1) is 29.6 Å². The second kappa shape index (κ2) is 39.6. The van der Waals surface area contributed by atoms with E-state index in [1.54, 1.807) is 140 Å². The number of nitrogens with one attached hydrogen (secondary N) is 3. The summed E-state index contributed by atoms with van der Waals surface area (Å²) >= 11 is 26.6. The highest BCUT2D eigenvalue weighted by molar-refractivity contribution is 9.10. The lowest BCUT2D eigenvalue weighted by Gasteiger charge is -2.40. The molecule has 2 saturated carbocycles. The van der Waals surface area contributed by atoms with E-state index in [0.29, 0.717) is 67.8 Å². The van der Waals surface area contributed by atoms with E-state index in [1.807, 2.05) is 92.2 Å². The van der Waals surface area contributed by atoms with Gasteiger partial charge in [0.05, 0.1) is 51.9 Å². The Morgan fingerprint density at radius 1 is 0.590 bits per heavy atom. The van der Waals surface area contributed by atoms with Crippen LogP contribution in [0.4, 0.5) is 0 Å². The lowest BCUT2D eigenvalue weighted by molar-refractivity contribution is -0.131. The van der Waals surface area contributed by atoms with Gasteiger partial charge in [-0.2, -0.15) is 15.6 Å². The van der Waals surface area contributed by atoms with Crippen LogP contribution in [0.5, 0.6) is 0 Å². The summed E-state index contributed by atoms with van der Waals surface area (Å²) in [4.78, 5) is 107. The molecule has 3 fully saturated rings. The molecule has 11 N–H and O–H groups in total. The number of amides is 5. The van der Waals surface area contributed by atoms with E-state index in [2.05, 4.69) is 145 Å². The number of hydrogen-bond donors (Lipinski definition) is 7. The number of guanidine groups is 5. The molecule has 1 spiro atoms. The molecule has 8 aliphatic rings. The number of thiophene rings is 2. The van der Waals surface area contributed by atoms with Crippen LogP contribution in [0.1, 0.15) is 172 Å². The molecule has 6 aromatic heterocycles. The average Bonchev–Trinajstić information content (AvgIpc) is 1.73. The van der Waals surface area contributed by atoms with Crippen molar-refractivity contribution in [3.8, 4) is 56.0 Å². The first-order chi connectivity index (χ1) is 66.2. The van der Waals surface area contributed by atoms with E-state index in [-0.39, 0.29) is 81.9 Å². The highest BCUT2D eigenvalue weighted by Crippen LogP contribution is 2.52. The van der Waals surface area contributed by atoms with E-state index in [4.69, 9.17) is 67.7 Å². The number of aromatic nitrogens is 5. The van der Waals surface area contributed by atoms with Crippen LogP contribution in [-0.4, -0.2) is 147 Å². The maximum atomic E-state index is 13.4. The van der Waals surface area contributed by atoms with Crippen LogP contribution in [0.3, 0.4) is 0 Å². The summed E-state index contributed by atoms with van der Waals surface area (Å²) in [6, 6.07) is 55.1. The number of thiazole rings is 1. The summed E-state index contributed by atoms with van der Waals surface area (Å²) < 4.78 is 31.0. The number of hydrogen-bond acceptors (Lipinski definition) is 25. The lowest BCUT2D eigenvalue weighted by Crippen LogP contribution is -2.58. The Balaban J connectivity index is 0.000000128. The van der Waals surface area contributed by atoms with Crippen molar-refractivity contribution < 1.29 is 32.4 Å². The van der Waals surface area contributed by atoms with Crippen molar-refractivity contribution in [1.82, 2.24) is 59.7 Å². The molecule has 139 heavy (non-hydrogen) atoms. The molecule has 1 unspecified atom stereocenters. The number of carbonyl (C=O) groups is 5. The number of nitrogens with zero attached hydrogens (tertiary/aromatic N) is 16. The fourth-order valence-electron chi connectivity index (χ4n) is 18.1. The Morgan fingerprint density at radius 2 is 1.13 bits per heavy atom. The van der Waals surface area contributed by atoms with Gasteiger partial charge in [-0.1, -0.05) is 142 Å². The second-order valence-electron chi connectivity index (χ2n) is 36.0. The van der Waals surface area contributed by atoms with E-state index >= 15 is 0 Å². The topological polar surface area (TPSA) is 438 Å². The molecule has 38 heteroatoms. The minimum absolute atomic E-state index is 0.0201. The summed E-state index contributed by atoms with van der Waals surface area (Å²) in [7, 11) is 5.86. The predicted octanol–water partition coefficient (Wildman–Crippen LogP) is 16.4. The van der Waals surface area contributed by atoms with Gasteiger partial charge in [0.2, 0.25) is 33.7 Å². The van der Waals surface area contributed by atoms with Crippen molar-refractivity contribution in [2.24, 2.45) is 54.9 Å². The van der Waals surface area contributed by atoms with Crippen LogP contribution in [-0.2, 0) is 81.7 Å². The number of likely N-dealkylation sites (N-methyl/N-ethyl adjacent to an activating group) is 3. The van der Waals surface area contributed by atoms with Gasteiger partial charge < -0.3 is 28.3 Å². The number of nitrogens with two attached hydrogens (primary N) is 4. The fourth-order valence-corrected chi connectivity index (χ4v) is 23.6. The van der Waals surface area contributed by atoms with Crippen molar-refractivity contribution in [3.05, 3.63) is 295 Å². The molecule has 3 aliphatic carbocycles. The number of carbonyl (C=O) groups excluding carboxylic acids is 5. The number of aryl methyl sites for hydroxylation is 3. The number of pyridine rings is 2. The standard InChI is InChI=1S/2C25H23N5OS.C23H24Cl2N6O3S.C15H15ClN4OS.C13H14BrN3O/c2*1-25(21-10-20(14-32-21)19-9-15(11-26)12-28-13-19)22(23(31)30(2)24(27)29-25)18-7-5-17(6-8-18)16-3-4-16;1-13-19(20(25)31(4)29-13)35(33,34)27-12-15-8-9-17(24)11-18(15)14-6-5-7-16(10-14)23(2)21(32)30(3)22(26)28-23;1-15(7-12(21)20(2)14(17)19-15)13-18-8-11(22-13)9-4-3-5-10(16)6-9;1-15-12-16-11(18)7-13(17-12)5-4-8-2-3-9(14)6-10(8)13/h2*5-10,12-14,16,22H,3-4H2,1-2H3,(H2,27,29);5-11,27H,12H2,1-4H3,(H2,26,28);3-6,8H,7H2,1-2H3,(H2,17,19);2-3,6H,4-5,7H2,1H3,(H2,15,16,17,18)/t22-,25+;22-,25-;;15-;13-/m01.00/s1. The Kier molecular flexibility index (Phi) is 28.2. The van der Waals surface area contributed by atoms with Gasteiger partial charge in [0, 0.05) is 115 Å². The normalized spacial score (nSPS) is 22.3. The molecule has 6 aromatic carbocycles. The van der Waals surface area contributed by atoms with Gasteiger partial charge in [-0.25, -0.2) is 38.1 Å². The van der Waals surface area contributed by atoms with Gasteiger partial charge in [0.1, 0.15) is 43.8 Å². The summed E-state index contributed by atoms with van der Waals surface area (Å²) in [6.45, 7) is 9.10. The molecule has 712 valence electrons. The van der Waals surface area contributed by atoms with Gasteiger partial charge in [-0.15, -0.1) is 34.0 Å². The van der Waals surface area contributed by atoms with Crippen molar-refractivity contribution in [2.75, 3.05) is 35.2 Å². The number of benzene rings is 6. The van der Waals surface area contributed by atoms with Crippen molar-refractivity contribution in [1.29, 1.82) is 10.5 Å². The lowest BCUT2D eigenvalue weighted by atomic mass is 9.77. The zero-order valence-corrected chi connectivity index (χ0v) is 84.8. The first kappa shape index (κ1) is 98.8. The first-order valence-electron chi connectivity index (χ1n) is 44.4.